The van der Waals surface area contributed by atoms with Gasteiger partial charge in [-0.3, -0.25) is 0 Å². The molecule has 0 atom stereocenters. The van der Waals surface area contributed by atoms with Crippen LogP contribution in [-0.2, 0) is 12.8 Å². The fourth-order valence-corrected chi connectivity index (χ4v) is 2.40. The van der Waals surface area contributed by atoms with Gasteiger partial charge in [0.25, 0.3) is 0 Å². The topological polar surface area (TPSA) is 121 Å². The second-order valence-corrected chi connectivity index (χ2v) is 6.06. The predicted octanol–water partition coefficient (Wildman–Crippen LogP) is -0.0986. The third kappa shape index (κ3) is 9.39. The Morgan fingerprint density at radius 2 is 1.03 bits per heavy atom. The van der Waals surface area contributed by atoms with Crippen LogP contribution in [0.3, 0.4) is 0 Å². The summed E-state index contributed by atoms with van der Waals surface area (Å²) >= 11 is 0. The van der Waals surface area contributed by atoms with Gasteiger partial charge in [-0.25, -0.2) is 0 Å². The summed E-state index contributed by atoms with van der Waals surface area (Å²) in [6.07, 6.45) is 0.724. The van der Waals surface area contributed by atoms with Crippen LogP contribution in [0.5, 0.6) is 0 Å². The minimum Gasteiger partial charge on any atom is -0.545 e. The zero-order valence-electron chi connectivity index (χ0n) is 16.1. The second-order valence-electron chi connectivity index (χ2n) is 6.06. The summed E-state index contributed by atoms with van der Waals surface area (Å²) in [6.45, 7) is 6.94. The number of aromatic carboxylic acids is 2. The quantitative estimate of drug-likeness (QED) is 0.453. The van der Waals surface area contributed by atoms with Crippen molar-refractivity contribution in [3.8, 4) is 0 Å². The molecule has 2 N–H and O–H groups in total. The van der Waals surface area contributed by atoms with Crippen LogP contribution in [0.15, 0.2) is 72.8 Å². The molecule has 0 radical (unpaired) electrons. The Morgan fingerprint density at radius 1 is 0.724 bits per heavy atom. The predicted molar refractivity (Wildman–Crippen MR) is 107 cm³/mol. The van der Waals surface area contributed by atoms with Gasteiger partial charge in [-0.05, 0) is 35.1 Å². The van der Waals surface area contributed by atoms with Crippen molar-refractivity contribution in [3.05, 3.63) is 95.1 Å². The summed E-state index contributed by atoms with van der Waals surface area (Å²) in [5.74, 6) is -2.40. The molecule has 29 heavy (non-hydrogen) atoms. The molecule has 0 fully saturated rings. The van der Waals surface area contributed by atoms with Crippen molar-refractivity contribution in [2.24, 2.45) is 0 Å². The number of carbonyl (C=O) groups is 2. The second kappa shape index (κ2) is 14.1. The SMILES string of the molecule is C=C(CO)Cc1ccccc1C(=O)[O-].C=C(CO)Cc1ccccc1C(=O)[O-].[Ca+2]. The Labute approximate surface area is 199 Å². The van der Waals surface area contributed by atoms with Crippen LogP contribution in [0.4, 0.5) is 0 Å². The molecule has 2 aromatic rings. The first-order valence-corrected chi connectivity index (χ1v) is 8.43. The Bertz CT molecular complexity index is 788. The average molecular weight is 422 g/mol. The van der Waals surface area contributed by atoms with Gasteiger partial charge in [-0.1, -0.05) is 61.7 Å². The summed E-state index contributed by atoms with van der Waals surface area (Å²) in [5, 5.41) is 38.9. The first-order valence-electron chi connectivity index (χ1n) is 8.43. The summed E-state index contributed by atoms with van der Waals surface area (Å²) in [7, 11) is 0. The molecule has 0 spiro atoms. The molecule has 6 nitrogen and oxygen atoms in total. The van der Waals surface area contributed by atoms with Crippen LogP contribution in [0.1, 0.15) is 31.8 Å². The largest absolute Gasteiger partial charge is 2.00 e. The van der Waals surface area contributed by atoms with E-state index in [-0.39, 0.29) is 62.1 Å². The Hall–Kier alpha value is -1.96. The summed E-state index contributed by atoms with van der Waals surface area (Å²) < 4.78 is 0. The molecule has 0 heterocycles. The number of hydrogen-bond donors (Lipinski definition) is 2. The number of carboxylic acids is 2. The molecule has 0 unspecified atom stereocenters. The molecule has 0 saturated carbocycles. The molecule has 0 amide bonds. The third-order valence-electron chi connectivity index (χ3n) is 3.80. The zero-order chi connectivity index (χ0) is 21.1. The van der Waals surface area contributed by atoms with Crippen molar-refractivity contribution in [3.63, 3.8) is 0 Å². The van der Waals surface area contributed by atoms with Crippen molar-refractivity contribution in [2.75, 3.05) is 13.2 Å². The monoisotopic (exact) mass is 422 g/mol. The first kappa shape index (κ1) is 27.0. The van der Waals surface area contributed by atoms with Gasteiger partial charge >= 0.3 is 37.7 Å². The number of hydrogen-bond acceptors (Lipinski definition) is 6. The van der Waals surface area contributed by atoms with Gasteiger partial charge in [-0.2, -0.15) is 0 Å². The van der Waals surface area contributed by atoms with Crippen LogP contribution in [0, 0.1) is 0 Å². The van der Waals surface area contributed by atoms with E-state index in [1.807, 2.05) is 0 Å². The van der Waals surface area contributed by atoms with Crippen LogP contribution < -0.4 is 10.2 Å². The van der Waals surface area contributed by atoms with Crippen molar-refractivity contribution >= 4 is 49.7 Å². The van der Waals surface area contributed by atoms with E-state index in [2.05, 4.69) is 13.2 Å². The molecule has 0 aromatic heterocycles. The van der Waals surface area contributed by atoms with E-state index in [0.717, 1.165) is 0 Å². The Balaban J connectivity index is 0.000000523. The number of carboxylic acid groups (broad SMARTS) is 2. The van der Waals surface area contributed by atoms with E-state index in [9.17, 15) is 19.8 Å². The van der Waals surface area contributed by atoms with Crippen molar-refractivity contribution in [1.29, 1.82) is 0 Å². The number of aliphatic hydroxyl groups is 2. The standard InChI is InChI=1S/2C11H12O3.Ca/c2*1-8(7-12)6-9-4-2-3-5-10(9)11(13)14;/h2*2-5,12H,1,6-7H2,(H,13,14);/q;;+2/p-2. The molecule has 0 aliphatic carbocycles. The maximum absolute atomic E-state index is 10.7. The molecule has 0 aliphatic heterocycles. The van der Waals surface area contributed by atoms with E-state index >= 15 is 0 Å². The van der Waals surface area contributed by atoms with Gasteiger partial charge < -0.3 is 30.0 Å². The average Bonchev–Trinajstić information content (AvgIpc) is 2.68. The smallest absolute Gasteiger partial charge is 0.545 e. The number of benzene rings is 2. The van der Waals surface area contributed by atoms with Gasteiger partial charge in [0.2, 0.25) is 0 Å². The van der Waals surface area contributed by atoms with Gasteiger partial charge in [0.15, 0.2) is 0 Å². The molecule has 0 bridgehead atoms. The minimum atomic E-state index is -1.20. The van der Waals surface area contributed by atoms with Gasteiger partial charge in [0.05, 0.1) is 25.2 Å². The van der Waals surface area contributed by atoms with Crippen molar-refractivity contribution < 1.29 is 30.0 Å². The van der Waals surface area contributed by atoms with Crippen LogP contribution in [-0.4, -0.2) is 73.1 Å². The fourth-order valence-electron chi connectivity index (χ4n) is 2.40. The fraction of sp³-hybridized carbons (Fsp3) is 0.182. The van der Waals surface area contributed by atoms with Gasteiger partial charge in [0.1, 0.15) is 0 Å². The van der Waals surface area contributed by atoms with Crippen LogP contribution >= 0.6 is 0 Å². The first-order chi connectivity index (χ1) is 13.3. The third-order valence-corrected chi connectivity index (χ3v) is 3.80. The van der Waals surface area contributed by atoms with Crippen LogP contribution in [0.25, 0.3) is 0 Å². The van der Waals surface area contributed by atoms with E-state index in [0.29, 0.717) is 35.1 Å². The van der Waals surface area contributed by atoms with Crippen molar-refractivity contribution in [1.82, 2.24) is 0 Å². The maximum atomic E-state index is 10.7. The summed E-state index contributed by atoms with van der Waals surface area (Å²) in [4.78, 5) is 21.4. The van der Waals surface area contributed by atoms with Gasteiger partial charge in [-0.15, -0.1) is 0 Å². The maximum Gasteiger partial charge on any atom is 2.00 e. The number of aliphatic hydroxyl groups excluding tert-OH is 2. The van der Waals surface area contributed by atoms with E-state index < -0.39 is 11.9 Å². The molecule has 0 saturated heterocycles. The molecule has 0 aliphatic rings. The Morgan fingerprint density at radius 3 is 1.31 bits per heavy atom. The van der Waals surface area contributed by atoms with E-state index in [4.69, 9.17) is 10.2 Å². The summed E-state index contributed by atoms with van der Waals surface area (Å²) in [5.41, 5.74) is 2.71. The zero-order valence-corrected chi connectivity index (χ0v) is 18.3. The van der Waals surface area contributed by atoms with Crippen molar-refractivity contribution in [2.45, 2.75) is 12.8 Å². The Kier molecular flexibility index (Phi) is 13.1. The molecule has 2 aromatic carbocycles. The van der Waals surface area contributed by atoms with E-state index in [1.165, 1.54) is 12.1 Å². The molecular weight excluding hydrogens is 400 g/mol. The van der Waals surface area contributed by atoms with Gasteiger partial charge in [0, 0.05) is 11.1 Å². The number of carbonyl (C=O) groups excluding carboxylic acids is 2. The molecule has 148 valence electrons. The molecular formula is C22H22CaO6. The number of rotatable bonds is 8. The van der Waals surface area contributed by atoms with E-state index in [1.54, 1.807) is 36.4 Å². The molecule has 7 heteroatoms. The van der Waals surface area contributed by atoms with Crippen LogP contribution in [0.2, 0.25) is 0 Å². The summed E-state index contributed by atoms with van der Waals surface area (Å²) in [6, 6.07) is 13.1. The molecule has 2 rings (SSSR count). The minimum absolute atomic E-state index is 0. The normalized spacial score (nSPS) is 9.45.